The first-order chi connectivity index (χ1) is 6.89. The Morgan fingerprint density at radius 2 is 0.812 bits per heavy atom. The molecular formula is C10H24N2O4. The highest BCUT2D eigenvalue weighted by atomic mass is 16.4. The second kappa shape index (κ2) is 8.06. The SMILES string of the molecule is CC(C)(C)C(=O)O.CC(C)(C)C(=O)O.NN. The van der Waals surface area contributed by atoms with Gasteiger partial charge in [-0.25, -0.2) is 0 Å². The maximum absolute atomic E-state index is 10.0. The fourth-order valence-corrected chi connectivity index (χ4v) is 0. The third-order valence-electron chi connectivity index (χ3n) is 1.28. The third-order valence-corrected chi connectivity index (χ3v) is 1.28. The first kappa shape index (κ1) is 20.3. The van der Waals surface area contributed by atoms with Crippen molar-refractivity contribution in [1.82, 2.24) is 0 Å². The van der Waals surface area contributed by atoms with Gasteiger partial charge in [0.1, 0.15) is 0 Å². The Morgan fingerprint density at radius 3 is 0.812 bits per heavy atom. The number of hydrogen-bond donors (Lipinski definition) is 4. The van der Waals surface area contributed by atoms with Crippen LogP contribution in [-0.4, -0.2) is 22.2 Å². The zero-order valence-electron chi connectivity index (χ0n) is 10.9. The molecule has 0 aromatic rings. The molecule has 0 radical (unpaired) electrons. The van der Waals surface area contributed by atoms with E-state index in [1.807, 2.05) is 0 Å². The van der Waals surface area contributed by atoms with E-state index in [0.717, 1.165) is 0 Å². The van der Waals surface area contributed by atoms with Crippen LogP contribution >= 0.6 is 0 Å². The minimum absolute atomic E-state index is 0.583. The lowest BCUT2D eigenvalue weighted by Crippen LogP contribution is -2.18. The van der Waals surface area contributed by atoms with Crippen molar-refractivity contribution in [3.05, 3.63) is 0 Å². The molecule has 0 saturated heterocycles. The van der Waals surface area contributed by atoms with E-state index < -0.39 is 22.8 Å². The highest BCUT2D eigenvalue weighted by Crippen LogP contribution is 2.11. The van der Waals surface area contributed by atoms with Crippen molar-refractivity contribution < 1.29 is 19.8 Å². The van der Waals surface area contributed by atoms with Gasteiger partial charge in [0.05, 0.1) is 10.8 Å². The molecule has 0 bridgehead atoms. The monoisotopic (exact) mass is 236 g/mol. The van der Waals surface area contributed by atoms with Gasteiger partial charge in [0.2, 0.25) is 0 Å². The van der Waals surface area contributed by atoms with Crippen LogP contribution in [0.2, 0.25) is 0 Å². The number of hydrazine groups is 1. The van der Waals surface area contributed by atoms with Crippen LogP contribution < -0.4 is 11.7 Å². The fourth-order valence-electron chi connectivity index (χ4n) is 0. The smallest absolute Gasteiger partial charge is 0.308 e. The molecule has 0 amide bonds. The van der Waals surface area contributed by atoms with E-state index in [-0.39, 0.29) is 0 Å². The van der Waals surface area contributed by atoms with Crippen LogP contribution in [0.4, 0.5) is 0 Å². The van der Waals surface area contributed by atoms with Gasteiger partial charge in [0.25, 0.3) is 0 Å². The van der Waals surface area contributed by atoms with Crippen LogP contribution in [0.25, 0.3) is 0 Å². The van der Waals surface area contributed by atoms with Crippen LogP contribution in [0, 0.1) is 10.8 Å². The molecule has 0 spiro atoms. The molecule has 0 saturated carbocycles. The molecule has 0 aromatic carbocycles. The number of carboxylic acid groups (broad SMARTS) is 2. The van der Waals surface area contributed by atoms with E-state index in [1.165, 1.54) is 0 Å². The van der Waals surface area contributed by atoms with Crippen molar-refractivity contribution in [3.8, 4) is 0 Å². The second-order valence-corrected chi connectivity index (χ2v) is 5.11. The molecule has 0 aliphatic heterocycles. The lowest BCUT2D eigenvalue weighted by molar-refractivity contribution is -0.146. The maximum Gasteiger partial charge on any atom is 0.308 e. The Balaban J connectivity index is -0.000000183. The molecule has 0 unspecified atom stereocenters. The van der Waals surface area contributed by atoms with Crippen molar-refractivity contribution >= 4 is 11.9 Å². The largest absolute Gasteiger partial charge is 0.481 e. The zero-order chi connectivity index (χ0) is 14.2. The quantitative estimate of drug-likeness (QED) is 0.368. The Hall–Kier alpha value is -1.14. The minimum Gasteiger partial charge on any atom is -0.481 e. The van der Waals surface area contributed by atoms with E-state index in [2.05, 4.69) is 11.7 Å². The number of rotatable bonds is 0. The number of carboxylic acids is 2. The number of nitrogens with two attached hydrogens (primary N) is 2. The fraction of sp³-hybridized carbons (Fsp3) is 0.800. The molecule has 6 nitrogen and oxygen atoms in total. The summed E-state index contributed by atoms with van der Waals surface area (Å²) in [5.74, 6) is 6.49. The third kappa shape index (κ3) is 15.3. The summed E-state index contributed by atoms with van der Waals surface area (Å²) in [7, 11) is 0. The summed E-state index contributed by atoms with van der Waals surface area (Å²) in [6.45, 7) is 9.97. The lowest BCUT2D eigenvalue weighted by atomic mass is 9.98. The summed E-state index contributed by atoms with van der Waals surface area (Å²) in [4.78, 5) is 20.0. The van der Waals surface area contributed by atoms with E-state index in [1.54, 1.807) is 41.5 Å². The highest BCUT2D eigenvalue weighted by molar-refractivity contribution is 5.73. The second-order valence-electron chi connectivity index (χ2n) is 5.11. The van der Waals surface area contributed by atoms with Gasteiger partial charge in [0, 0.05) is 0 Å². The highest BCUT2D eigenvalue weighted by Gasteiger charge is 2.19. The van der Waals surface area contributed by atoms with E-state index in [9.17, 15) is 9.59 Å². The first-order valence-electron chi connectivity index (χ1n) is 4.69. The van der Waals surface area contributed by atoms with Crippen molar-refractivity contribution in [2.24, 2.45) is 22.5 Å². The number of carbonyl (C=O) groups is 2. The van der Waals surface area contributed by atoms with Crippen molar-refractivity contribution in [1.29, 1.82) is 0 Å². The summed E-state index contributed by atoms with van der Waals surface area (Å²) < 4.78 is 0. The van der Waals surface area contributed by atoms with Gasteiger partial charge in [-0.1, -0.05) is 0 Å². The van der Waals surface area contributed by atoms with Gasteiger partial charge >= 0.3 is 11.9 Å². The lowest BCUT2D eigenvalue weighted by Gasteiger charge is -2.08. The normalized spacial score (nSPS) is 10.2. The molecule has 0 atom stereocenters. The van der Waals surface area contributed by atoms with E-state index >= 15 is 0 Å². The van der Waals surface area contributed by atoms with Gasteiger partial charge in [0.15, 0.2) is 0 Å². The van der Waals surface area contributed by atoms with E-state index in [0.29, 0.717) is 0 Å². The standard InChI is InChI=1S/2C5H10O2.H4N2/c2*1-5(2,3)4(6)7;1-2/h2*1-3H3,(H,6,7);1-2H2. The molecular weight excluding hydrogens is 212 g/mol. The average Bonchev–Trinajstić information content (AvgIpc) is 2.05. The predicted molar refractivity (Wildman–Crippen MR) is 62.6 cm³/mol. The van der Waals surface area contributed by atoms with Gasteiger partial charge < -0.3 is 10.2 Å². The summed E-state index contributed by atoms with van der Waals surface area (Å²) in [5, 5.41) is 16.5. The molecule has 6 N–H and O–H groups in total. The zero-order valence-corrected chi connectivity index (χ0v) is 10.9. The van der Waals surface area contributed by atoms with Crippen molar-refractivity contribution in [3.63, 3.8) is 0 Å². The van der Waals surface area contributed by atoms with Crippen LogP contribution in [-0.2, 0) is 9.59 Å². The van der Waals surface area contributed by atoms with Crippen LogP contribution in [0.15, 0.2) is 0 Å². The molecule has 0 aliphatic rings. The molecule has 0 aliphatic carbocycles. The molecule has 0 aromatic heterocycles. The first-order valence-corrected chi connectivity index (χ1v) is 4.69. The molecule has 0 fully saturated rings. The van der Waals surface area contributed by atoms with Gasteiger partial charge in [-0.05, 0) is 41.5 Å². The molecule has 0 heterocycles. The van der Waals surface area contributed by atoms with Crippen molar-refractivity contribution in [2.45, 2.75) is 41.5 Å². The summed E-state index contributed by atoms with van der Waals surface area (Å²) in [6, 6.07) is 0. The summed E-state index contributed by atoms with van der Waals surface area (Å²) >= 11 is 0. The maximum atomic E-state index is 10.0. The number of hydrogen-bond acceptors (Lipinski definition) is 4. The van der Waals surface area contributed by atoms with Gasteiger partial charge in [-0.3, -0.25) is 21.3 Å². The van der Waals surface area contributed by atoms with Crippen LogP contribution in [0.1, 0.15) is 41.5 Å². The topological polar surface area (TPSA) is 127 Å². The number of aliphatic carboxylic acids is 2. The molecule has 98 valence electrons. The Kier molecular flexibility index (Phi) is 10.2. The van der Waals surface area contributed by atoms with Gasteiger partial charge in [-0.15, -0.1) is 0 Å². The molecule has 16 heavy (non-hydrogen) atoms. The summed E-state index contributed by atoms with van der Waals surface area (Å²) in [5.41, 5.74) is -1.17. The Morgan fingerprint density at radius 1 is 0.750 bits per heavy atom. The average molecular weight is 236 g/mol. The Bertz CT molecular complexity index is 190. The van der Waals surface area contributed by atoms with Crippen LogP contribution in [0.3, 0.4) is 0 Å². The summed E-state index contributed by atoms with van der Waals surface area (Å²) in [6.07, 6.45) is 0. The van der Waals surface area contributed by atoms with Gasteiger partial charge in [-0.2, -0.15) is 0 Å². The van der Waals surface area contributed by atoms with E-state index in [4.69, 9.17) is 10.2 Å². The Labute approximate surface area is 96.6 Å². The predicted octanol–water partition coefficient (Wildman–Crippen LogP) is 1.05. The van der Waals surface area contributed by atoms with Crippen LogP contribution in [0.5, 0.6) is 0 Å². The molecule has 6 heteroatoms. The van der Waals surface area contributed by atoms with Crippen molar-refractivity contribution in [2.75, 3.05) is 0 Å². The minimum atomic E-state index is -0.757. The molecule has 0 rings (SSSR count).